The lowest BCUT2D eigenvalue weighted by atomic mass is 10.2. The van der Waals surface area contributed by atoms with Crippen LogP contribution >= 0.6 is 0 Å². The van der Waals surface area contributed by atoms with Crippen molar-refractivity contribution in [3.63, 3.8) is 0 Å². The Morgan fingerprint density at radius 2 is 1.85 bits per heavy atom. The SMILES string of the molecule is C[C@H](C(=O)NCCNC(=O)OC(C)(C)C)n1cnc2ccccc2c1=O. The summed E-state index contributed by atoms with van der Waals surface area (Å²) in [6.45, 7) is 7.37. The highest BCUT2D eigenvalue weighted by molar-refractivity contribution is 5.81. The van der Waals surface area contributed by atoms with Gasteiger partial charge < -0.3 is 15.4 Å². The van der Waals surface area contributed by atoms with Gasteiger partial charge in [0.05, 0.1) is 17.2 Å². The number of fused-ring (bicyclic) bond motifs is 1. The van der Waals surface area contributed by atoms with Crippen molar-refractivity contribution in [1.29, 1.82) is 0 Å². The minimum absolute atomic E-state index is 0.220. The van der Waals surface area contributed by atoms with Crippen LogP contribution in [-0.2, 0) is 9.53 Å². The van der Waals surface area contributed by atoms with Crippen molar-refractivity contribution in [2.75, 3.05) is 13.1 Å². The number of alkyl carbamates (subject to hydrolysis) is 1. The van der Waals surface area contributed by atoms with E-state index in [0.29, 0.717) is 10.9 Å². The molecule has 2 N–H and O–H groups in total. The number of carbonyl (C=O) groups excluding carboxylic acids is 2. The van der Waals surface area contributed by atoms with Crippen molar-refractivity contribution < 1.29 is 14.3 Å². The predicted molar refractivity (Wildman–Crippen MR) is 98.0 cm³/mol. The number of rotatable bonds is 5. The summed E-state index contributed by atoms with van der Waals surface area (Å²) >= 11 is 0. The van der Waals surface area contributed by atoms with Crippen LogP contribution in [0.1, 0.15) is 33.7 Å². The van der Waals surface area contributed by atoms with Crippen LogP contribution in [0, 0.1) is 0 Å². The van der Waals surface area contributed by atoms with E-state index in [1.165, 1.54) is 10.9 Å². The number of amides is 2. The number of hydrogen-bond acceptors (Lipinski definition) is 5. The number of benzene rings is 1. The summed E-state index contributed by atoms with van der Waals surface area (Å²) < 4.78 is 6.39. The molecular formula is C18H24N4O4. The first-order chi connectivity index (χ1) is 12.2. The van der Waals surface area contributed by atoms with Gasteiger partial charge in [-0.05, 0) is 39.8 Å². The average Bonchev–Trinajstić information content (AvgIpc) is 2.57. The predicted octanol–water partition coefficient (Wildman–Crippen LogP) is 1.60. The topological polar surface area (TPSA) is 102 Å². The summed E-state index contributed by atoms with van der Waals surface area (Å²) in [5.41, 5.74) is -0.264. The van der Waals surface area contributed by atoms with Crippen LogP contribution in [0.15, 0.2) is 35.4 Å². The highest BCUT2D eigenvalue weighted by atomic mass is 16.6. The fraction of sp³-hybridized carbons (Fsp3) is 0.444. The average molecular weight is 360 g/mol. The fourth-order valence-corrected chi connectivity index (χ4v) is 2.30. The smallest absolute Gasteiger partial charge is 0.407 e. The molecule has 0 saturated heterocycles. The van der Waals surface area contributed by atoms with Crippen LogP contribution < -0.4 is 16.2 Å². The second kappa shape index (κ2) is 7.99. The summed E-state index contributed by atoms with van der Waals surface area (Å²) in [4.78, 5) is 40.5. The number of carbonyl (C=O) groups is 2. The van der Waals surface area contributed by atoms with Gasteiger partial charge in [-0.3, -0.25) is 14.2 Å². The van der Waals surface area contributed by atoms with E-state index in [1.807, 2.05) is 0 Å². The second-order valence-electron chi connectivity index (χ2n) is 6.87. The number of hydrogen-bond donors (Lipinski definition) is 2. The fourth-order valence-electron chi connectivity index (χ4n) is 2.30. The van der Waals surface area contributed by atoms with Crippen LogP contribution in [0.5, 0.6) is 0 Å². The molecule has 8 heteroatoms. The van der Waals surface area contributed by atoms with E-state index in [9.17, 15) is 14.4 Å². The highest BCUT2D eigenvalue weighted by Gasteiger charge is 2.18. The molecule has 1 aromatic heterocycles. The Hall–Kier alpha value is -2.90. The Bertz CT molecular complexity index is 854. The molecule has 2 aromatic rings. The standard InChI is InChI=1S/C18H24N4O4/c1-12(15(23)19-9-10-20-17(25)26-18(2,3)4)22-11-21-14-8-6-5-7-13(14)16(22)24/h5-8,11-12H,9-10H2,1-4H3,(H,19,23)(H,20,25)/t12-/m1/s1. The van der Waals surface area contributed by atoms with Crippen LogP contribution in [0.25, 0.3) is 10.9 Å². The van der Waals surface area contributed by atoms with Crippen molar-refractivity contribution in [1.82, 2.24) is 20.2 Å². The molecule has 0 saturated carbocycles. The molecule has 0 aliphatic carbocycles. The third-order valence-corrected chi connectivity index (χ3v) is 3.58. The van der Waals surface area contributed by atoms with Gasteiger partial charge in [-0.2, -0.15) is 0 Å². The van der Waals surface area contributed by atoms with Gasteiger partial charge >= 0.3 is 6.09 Å². The quantitative estimate of drug-likeness (QED) is 0.789. The zero-order chi connectivity index (χ0) is 19.3. The Labute approximate surface area is 151 Å². The zero-order valence-corrected chi connectivity index (χ0v) is 15.4. The number of nitrogens with one attached hydrogen (secondary N) is 2. The third-order valence-electron chi connectivity index (χ3n) is 3.58. The number of nitrogens with zero attached hydrogens (tertiary/aromatic N) is 2. The molecule has 1 aromatic carbocycles. The molecule has 2 rings (SSSR count). The lowest BCUT2D eigenvalue weighted by Gasteiger charge is -2.20. The highest BCUT2D eigenvalue weighted by Crippen LogP contribution is 2.08. The molecule has 0 unspecified atom stereocenters. The van der Waals surface area contributed by atoms with Gasteiger partial charge in [0.2, 0.25) is 5.91 Å². The minimum Gasteiger partial charge on any atom is -0.444 e. The van der Waals surface area contributed by atoms with Crippen molar-refractivity contribution >= 4 is 22.9 Å². The van der Waals surface area contributed by atoms with Gasteiger partial charge in [-0.25, -0.2) is 9.78 Å². The Balaban J connectivity index is 1.91. The largest absolute Gasteiger partial charge is 0.444 e. The van der Waals surface area contributed by atoms with Crippen molar-refractivity contribution in [2.24, 2.45) is 0 Å². The lowest BCUT2D eigenvalue weighted by Crippen LogP contribution is -2.41. The summed E-state index contributed by atoms with van der Waals surface area (Å²) in [7, 11) is 0. The maximum Gasteiger partial charge on any atom is 0.407 e. The van der Waals surface area contributed by atoms with E-state index in [-0.39, 0.29) is 24.6 Å². The molecule has 140 valence electrons. The molecule has 2 amide bonds. The monoisotopic (exact) mass is 360 g/mol. The summed E-state index contributed by atoms with van der Waals surface area (Å²) in [6.07, 6.45) is 0.822. The first-order valence-electron chi connectivity index (χ1n) is 8.39. The van der Waals surface area contributed by atoms with E-state index in [4.69, 9.17) is 4.74 Å². The van der Waals surface area contributed by atoms with Crippen LogP contribution in [0.2, 0.25) is 0 Å². The first-order valence-corrected chi connectivity index (χ1v) is 8.39. The van der Waals surface area contributed by atoms with Gasteiger partial charge in [0.25, 0.3) is 5.56 Å². The van der Waals surface area contributed by atoms with Gasteiger partial charge in [-0.15, -0.1) is 0 Å². The van der Waals surface area contributed by atoms with Gasteiger partial charge in [-0.1, -0.05) is 12.1 Å². The maximum atomic E-state index is 12.5. The van der Waals surface area contributed by atoms with E-state index < -0.39 is 17.7 Å². The van der Waals surface area contributed by atoms with E-state index >= 15 is 0 Å². The normalized spacial score (nSPS) is 12.5. The van der Waals surface area contributed by atoms with Crippen molar-refractivity contribution in [2.45, 2.75) is 39.3 Å². The first kappa shape index (κ1) is 19.4. The lowest BCUT2D eigenvalue weighted by molar-refractivity contribution is -0.123. The molecule has 0 aliphatic rings. The van der Waals surface area contributed by atoms with Gasteiger partial charge in [0.1, 0.15) is 11.6 Å². The third kappa shape index (κ3) is 5.05. The van der Waals surface area contributed by atoms with Crippen LogP contribution in [0.3, 0.4) is 0 Å². The molecule has 8 nitrogen and oxygen atoms in total. The molecular weight excluding hydrogens is 336 g/mol. The summed E-state index contributed by atoms with van der Waals surface area (Å²) in [6, 6.07) is 6.25. The molecule has 1 heterocycles. The molecule has 1 atom stereocenters. The maximum absolute atomic E-state index is 12.5. The molecule has 0 radical (unpaired) electrons. The van der Waals surface area contributed by atoms with Crippen molar-refractivity contribution in [3.8, 4) is 0 Å². The molecule has 0 aliphatic heterocycles. The number of ether oxygens (including phenoxy) is 1. The molecule has 0 spiro atoms. The number of aromatic nitrogens is 2. The Morgan fingerprint density at radius 1 is 1.19 bits per heavy atom. The van der Waals surface area contributed by atoms with Crippen LogP contribution in [0.4, 0.5) is 4.79 Å². The number of para-hydroxylation sites is 1. The summed E-state index contributed by atoms with van der Waals surface area (Å²) in [5.74, 6) is -0.338. The van der Waals surface area contributed by atoms with E-state index in [0.717, 1.165) is 0 Å². The Kier molecular flexibility index (Phi) is 5.97. The van der Waals surface area contributed by atoms with Crippen molar-refractivity contribution in [3.05, 3.63) is 40.9 Å². The molecule has 0 fully saturated rings. The minimum atomic E-state index is -0.721. The van der Waals surface area contributed by atoms with Gasteiger partial charge in [0.15, 0.2) is 0 Å². The summed E-state index contributed by atoms with van der Waals surface area (Å²) in [5, 5.41) is 5.69. The van der Waals surface area contributed by atoms with Crippen LogP contribution in [-0.4, -0.2) is 40.2 Å². The van der Waals surface area contributed by atoms with E-state index in [1.54, 1.807) is 52.0 Å². The Morgan fingerprint density at radius 3 is 2.54 bits per heavy atom. The second-order valence-corrected chi connectivity index (χ2v) is 6.87. The van der Waals surface area contributed by atoms with E-state index in [2.05, 4.69) is 15.6 Å². The molecule has 26 heavy (non-hydrogen) atoms. The zero-order valence-electron chi connectivity index (χ0n) is 15.4. The molecule has 0 bridgehead atoms. The van der Waals surface area contributed by atoms with Gasteiger partial charge in [0, 0.05) is 13.1 Å².